The van der Waals surface area contributed by atoms with Gasteiger partial charge in [0.1, 0.15) is 0 Å². The van der Waals surface area contributed by atoms with Crippen molar-refractivity contribution in [2.24, 2.45) is 5.73 Å². The van der Waals surface area contributed by atoms with E-state index in [-0.39, 0.29) is 0 Å². The molecular weight excluding hydrogens is 168 g/mol. The van der Waals surface area contributed by atoms with Gasteiger partial charge in [0, 0.05) is 17.1 Å². The molecule has 0 aliphatic rings. The minimum absolute atomic E-state index is 0.461. The molecule has 0 aliphatic carbocycles. The Hall–Kier alpha value is -1.97. The Kier molecular flexibility index (Phi) is 1.66. The van der Waals surface area contributed by atoms with Crippen LogP contribution in [0.25, 0.3) is 10.9 Å². The van der Waals surface area contributed by atoms with Gasteiger partial charge in [-0.1, -0.05) is 12.1 Å². The molecule has 0 fully saturated rings. The number of aromatic nitrogens is 1. The Balaban J connectivity index is 2.51. The smallest absolute Gasteiger partial charge is 0.408 e. The molecule has 4 heteroatoms. The molecule has 1 heterocycles. The maximum Gasteiger partial charge on any atom is 0.410 e. The third kappa shape index (κ3) is 1.33. The van der Waals surface area contributed by atoms with E-state index in [1.165, 1.54) is 0 Å². The van der Waals surface area contributed by atoms with E-state index >= 15 is 0 Å². The van der Waals surface area contributed by atoms with Crippen molar-refractivity contribution in [3.63, 3.8) is 0 Å². The summed E-state index contributed by atoms with van der Waals surface area (Å²) in [5, 5.41) is 0.848. The molecule has 0 spiro atoms. The molecule has 2 rings (SSSR count). The summed E-state index contributed by atoms with van der Waals surface area (Å²) in [7, 11) is 0. The van der Waals surface area contributed by atoms with Crippen molar-refractivity contribution in [3.05, 3.63) is 30.5 Å². The van der Waals surface area contributed by atoms with Crippen LogP contribution in [0.3, 0.4) is 0 Å². The third-order valence-corrected chi connectivity index (χ3v) is 1.76. The van der Waals surface area contributed by atoms with Gasteiger partial charge < -0.3 is 15.5 Å². The fourth-order valence-electron chi connectivity index (χ4n) is 1.24. The summed E-state index contributed by atoms with van der Waals surface area (Å²) in [4.78, 5) is 13.5. The molecule has 13 heavy (non-hydrogen) atoms. The van der Waals surface area contributed by atoms with Crippen molar-refractivity contribution in [3.8, 4) is 5.75 Å². The number of aromatic amines is 1. The fraction of sp³-hybridized carbons (Fsp3) is 0. The first-order valence-electron chi connectivity index (χ1n) is 3.81. The van der Waals surface area contributed by atoms with Gasteiger partial charge in [0.05, 0.1) is 0 Å². The normalized spacial score (nSPS) is 10.2. The van der Waals surface area contributed by atoms with E-state index in [4.69, 9.17) is 10.5 Å². The number of carbonyl (C=O) groups is 1. The Morgan fingerprint density at radius 2 is 2.15 bits per heavy atom. The molecule has 0 saturated heterocycles. The molecule has 0 aliphatic heterocycles. The lowest BCUT2D eigenvalue weighted by Gasteiger charge is -1.96. The summed E-state index contributed by atoms with van der Waals surface area (Å²) in [6, 6.07) is 7.50. The molecule has 1 aromatic heterocycles. The summed E-state index contributed by atoms with van der Waals surface area (Å²) < 4.78 is 4.78. The minimum atomic E-state index is -0.801. The van der Waals surface area contributed by atoms with Crippen LogP contribution >= 0.6 is 0 Å². The third-order valence-electron chi connectivity index (χ3n) is 1.76. The average molecular weight is 176 g/mol. The number of para-hydroxylation sites is 1. The van der Waals surface area contributed by atoms with E-state index in [0.29, 0.717) is 5.75 Å². The van der Waals surface area contributed by atoms with Gasteiger partial charge in [0.25, 0.3) is 0 Å². The van der Waals surface area contributed by atoms with Crippen molar-refractivity contribution in [2.45, 2.75) is 0 Å². The van der Waals surface area contributed by atoms with Gasteiger partial charge in [-0.2, -0.15) is 0 Å². The molecule has 3 N–H and O–H groups in total. The van der Waals surface area contributed by atoms with Crippen LogP contribution < -0.4 is 10.5 Å². The zero-order valence-electron chi connectivity index (χ0n) is 6.78. The number of amides is 1. The van der Waals surface area contributed by atoms with Gasteiger partial charge in [-0.25, -0.2) is 4.79 Å². The van der Waals surface area contributed by atoms with Gasteiger partial charge in [-0.15, -0.1) is 0 Å². The second-order valence-corrected chi connectivity index (χ2v) is 2.62. The lowest BCUT2D eigenvalue weighted by Crippen LogP contribution is -2.15. The van der Waals surface area contributed by atoms with Crippen LogP contribution in [0.1, 0.15) is 0 Å². The number of fused-ring (bicyclic) bond motifs is 1. The number of nitrogens with two attached hydrogens (primary N) is 1. The average Bonchev–Trinajstić information content (AvgIpc) is 2.48. The summed E-state index contributed by atoms with van der Waals surface area (Å²) in [6.07, 6.45) is 0.805. The summed E-state index contributed by atoms with van der Waals surface area (Å²) in [5.74, 6) is 0.461. The second kappa shape index (κ2) is 2.82. The number of primary amides is 1. The number of hydrogen-bond acceptors (Lipinski definition) is 2. The highest BCUT2D eigenvalue weighted by atomic mass is 16.5. The van der Waals surface area contributed by atoms with Gasteiger partial charge in [0.2, 0.25) is 0 Å². The minimum Gasteiger partial charge on any atom is -0.408 e. The number of H-pyrrole nitrogens is 1. The van der Waals surface area contributed by atoms with E-state index in [2.05, 4.69) is 4.98 Å². The van der Waals surface area contributed by atoms with Crippen molar-refractivity contribution >= 4 is 17.0 Å². The number of benzene rings is 1. The van der Waals surface area contributed by atoms with Crippen LogP contribution in [0, 0.1) is 0 Å². The zero-order chi connectivity index (χ0) is 9.26. The van der Waals surface area contributed by atoms with Gasteiger partial charge in [0.15, 0.2) is 5.75 Å². The lowest BCUT2D eigenvalue weighted by atomic mass is 10.2. The fourth-order valence-corrected chi connectivity index (χ4v) is 1.24. The van der Waals surface area contributed by atoms with Crippen LogP contribution in [0.2, 0.25) is 0 Å². The molecule has 4 nitrogen and oxygen atoms in total. The van der Waals surface area contributed by atoms with Gasteiger partial charge >= 0.3 is 6.09 Å². The number of nitrogens with one attached hydrogen (secondary N) is 1. The first-order valence-corrected chi connectivity index (χ1v) is 3.81. The SMILES string of the molecule is NC(=O)Oc1c[nH]c2ccccc12. The number of carbonyl (C=O) groups excluding carboxylic acids is 1. The highest BCUT2D eigenvalue weighted by molar-refractivity contribution is 5.88. The first kappa shape index (κ1) is 7.67. The molecular formula is C9H8N2O2. The van der Waals surface area contributed by atoms with Crippen LogP contribution in [0.15, 0.2) is 30.5 Å². The van der Waals surface area contributed by atoms with Crippen LogP contribution in [0.5, 0.6) is 5.75 Å². The summed E-state index contributed by atoms with van der Waals surface area (Å²) in [6.45, 7) is 0. The van der Waals surface area contributed by atoms with Crippen molar-refractivity contribution in [1.82, 2.24) is 4.98 Å². The first-order chi connectivity index (χ1) is 6.27. The summed E-state index contributed by atoms with van der Waals surface area (Å²) in [5.41, 5.74) is 5.82. The van der Waals surface area contributed by atoms with E-state index in [0.717, 1.165) is 10.9 Å². The largest absolute Gasteiger partial charge is 0.410 e. The van der Waals surface area contributed by atoms with Gasteiger partial charge in [-0.3, -0.25) is 0 Å². The monoisotopic (exact) mass is 176 g/mol. The predicted molar refractivity (Wildman–Crippen MR) is 48.5 cm³/mol. The lowest BCUT2D eigenvalue weighted by molar-refractivity contribution is 0.211. The molecule has 66 valence electrons. The topological polar surface area (TPSA) is 68.1 Å². The second-order valence-electron chi connectivity index (χ2n) is 2.62. The Morgan fingerprint density at radius 3 is 2.92 bits per heavy atom. The Morgan fingerprint density at radius 1 is 1.38 bits per heavy atom. The zero-order valence-corrected chi connectivity index (χ0v) is 6.78. The maximum absolute atomic E-state index is 10.5. The van der Waals surface area contributed by atoms with Crippen LogP contribution in [-0.4, -0.2) is 11.1 Å². The molecule has 1 aromatic carbocycles. The maximum atomic E-state index is 10.5. The number of rotatable bonds is 1. The molecule has 0 radical (unpaired) electrons. The molecule has 0 atom stereocenters. The molecule has 0 saturated carbocycles. The molecule has 0 unspecified atom stereocenters. The number of hydrogen-bond donors (Lipinski definition) is 2. The Labute approximate surface area is 74.3 Å². The van der Waals surface area contributed by atoms with Gasteiger partial charge in [-0.05, 0) is 12.1 Å². The van der Waals surface area contributed by atoms with E-state index in [9.17, 15) is 4.79 Å². The molecule has 0 bridgehead atoms. The van der Waals surface area contributed by atoms with Crippen LogP contribution in [-0.2, 0) is 0 Å². The quantitative estimate of drug-likeness (QED) is 0.693. The van der Waals surface area contributed by atoms with E-state index in [1.807, 2.05) is 24.3 Å². The number of ether oxygens (including phenoxy) is 1. The molecule has 1 amide bonds. The highest BCUT2D eigenvalue weighted by Crippen LogP contribution is 2.24. The van der Waals surface area contributed by atoms with Crippen molar-refractivity contribution in [2.75, 3.05) is 0 Å². The standard InChI is InChI=1S/C9H8N2O2/c10-9(12)13-8-5-11-7-4-2-1-3-6(7)8/h1-5,11H,(H2,10,12). The predicted octanol–water partition coefficient (Wildman–Crippen LogP) is 1.63. The van der Waals surface area contributed by atoms with E-state index < -0.39 is 6.09 Å². The molecule has 2 aromatic rings. The van der Waals surface area contributed by atoms with Crippen molar-refractivity contribution < 1.29 is 9.53 Å². The van der Waals surface area contributed by atoms with Crippen LogP contribution in [0.4, 0.5) is 4.79 Å². The van der Waals surface area contributed by atoms with E-state index in [1.54, 1.807) is 6.20 Å². The Bertz CT molecular complexity index is 448. The van der Waals surface area contributed by atoms with Crippen molar-refractivity contribution in [1.29, 1.82) is 0 Å². The highest BCUT2D eigenvalue weighted by Gasteiger charge is 2.05. The summed E-state index contributed by atoms with van der Waals surface area (Å²) >= 11 is 0.